The molecule has 0 fully saturated rings. The van der Waals surface area contributed by atoms with Crippen LogP contribution in [-0.4, -0.2) is 39.3 Å². The summed E-state index contributed by atoms with van der Waals surface area (Å²) in [5.74, 6) is -0.941. The van der Waals surface area contributed by atoms with Gasteiger partial charge in [-0.05, 0) is 74.2 Å². The number of rotatable bonds is 7. The lowest BCUT2D eigenvalue weighted by Gasteiger charge is -2.27. The molecule has 0 saturated carbocycles. The van der Waals surface area contributed by atoms with E-state index in [0.29, 0.717) is 0 Å². The topological polar surface area (TPSA) is 69.7 Å². The van der Waals surface area contributed by atoms with E-state index in [9.17, 15) is 17.6 Å². The second kappa shape index (κ2) is 8.92. The highest BCUT2D eigenvalue weighted by Gasteiger charge is 2.28. The number of carbonyl (C=O) groups excluding carboxylic acids is 1. The van der Waals surface area contributed by atoms with Crippen molar-refractivity contribution in [2.75, 3.05) is 24.9 Å². The molecule has 6 nitrogen and oxygen atoms in total. The summed E-state index contributed by atoms with van der Waals surface area (Å²) in [5.41, 5.74) is 4.53. The molecule has 2 aromatic rings. The summed E-state index contributed by atoms with van der Waals surface area (Å²) in [7, 11) is -1.18. The molecule has 1 unspecified atom stereocenters. The lowest BCUT2D eigenvalue weighted by atomic mass is 9.96. The Morgan fingerprint density at radius 3 is 2.14 bits per heavy atom. The summed E-state index contributed by atoms with van der Waals surface area (Å²) >= 11 is 0. The Kier molecular flexibility index (Phi) is 7.02. The van der Waals surface area contributed by atoms with Gasteiger partial charge < -0.3 is 5.32 Å². The fraction of sp³-hybridized carbons (Fsp3) is 0.381. The highest BCUT2D eigenvalue weighted by atomic mass is 32.2. The van der Waals surface area contributed by atoms with Gasteiger partial charge in [-0.1, -0.05) is 12.1 Å². The number of hydrogen-bond acceptors (Lipinski definition) is 3. The van der Waals surface area contributed by atoms with Crippen LogP contribution < -0.4 is 9.62 Å². The highest BCUT2D eigenvalue weighted by molar-refractivity contribution is 7.90. The number of halogens is 1. The summed E-state index contributed by atoms with van der Waals surface area (Å²) in [6, 6.07) is 8.79. The molecule has 2 aromatic carbocycles. The number of nitrogens with zero attached hydrogens (tertiary/aromatic N) is 2. The zero-order valence-corrected chi connectivity index (χ0v) is 18.5. The normalized spacial score (nSPS) is 12.7. The maximum atomic E-state index is 13.3. The first-order valence-corrected chi connectivity index (χ1v) is 10.7. The summed E-state index contributed by atoms with van der Waals surface area (Å²) in [5, 5.41) is 2.87. The quantitative estimate of drug-likeness (QED) is 0.746. The second-order valence-corrected chi connectivity index (χ2v) is 9.42. The first kappa shape index (κ1) is 22.8. The van der Waals surface area contributed by atoms with Crippen molar-refractivity contribution in [3.63, 3.8) is 0 Å². The van der Waals surface area contributed by atoms with Crippen LogP contribution in [0.2, 0.25) is 0 Å². The minimum Gasteiger partial charge on any atom is -0.348 e. The minimum absolute atomic E-state index is 0.213. The van der Waals surface area contributed by atoms with Crippen molar-refractivity contribution >= 4 is 21.8 Å². The zero-order valence-electron chi connectivity index (χ0n) is 17.7. The molecule has 0 spiro atoms. The van der Waals surface area contributed by atoms with Crippen LogP contribution in [0, 0.1) is 26.6 Å². The van der Waals surface area contributed by atoms with Crippen LogP contribution >= 0.6 is 0 Å². The van der Waals surface area contributed by atoms with E-state index in [2.05, 4.69) is 11.4 Å². The molecular formula is C21H28FN3O3S. The number of nitrogens with one attached hydrogen (secondary N) is 1. The Labute approximate surface area is 172 Å². The predicted octanol–water partition coefficient (Wildman–Crippen LogP) is 3.24. The molecule has 0 aliphatic carbocycles. The third kappa shape index (κ3) is 5.33. The van der Waals surface area contributed by atoms with Gasteiger partial charge in [0.15, 0.2) is 0 Å². The van der Waals surface area contributed by atoms with Crippen molar-refractivity contribution < 1.29 is 17.6 Å². The summed E-state index contributed by atoms with van der Waals surface area (Å²) in [6.07, 6.45) is 0. The average Bonchev–Trinajstić information content (AvgIpc) is 2.63. The van der Waals surface area contributed by atoms with Crippen LogP contribution in [-0.2, 0) is 15.0 Å². The first-order valence-electron chi connectivity index (χ1n) is 9.26. The number of benzene rings is 2. The van der Waals surface area contributed by atoms with Crippen LogP contribution in [0.3, 0.4) is 0 Å². The smallest absolute Gasteiger partial charge is 0.304 e. The highest BCUT2D eigenvalue weighted by Crippen LogP contribution is 2.23. The molecule has 0 aliphatic rings. The predicted molar refractivity (Wildman–Crippen MR) is 114 cm³/mol. The summed E-state index contributed by atoms with van der Waals surface area (Å²) < 4.78 is 40.7. The van der Waals surface area contributed by atoms with Crippen molar-refractivity contribution in [3.8, 4) is 0 Å². The number of hydrogen-bond donors (Lipinski definition) is 1. The van der Waals surface area contributed by atoms with E-state index in [1.165, 1.54) is 31.8 Å². The molecule has 1 N–H and O–H groups in total. The molecule has 0 bridgehead atoms. The van der Waals surface area contributed by atoms with Gasteiger partial charge in [0.2, 0.25) is 5.91 Å². The Balaban J connectivity index is 2.26. The van der Waals surface area contributed by atoms with E-state index >= 15 is 0 Å². The molecule has 1 amide bonds. The second-order valence-electron chi connectivity index (χ2n) is 7.36. The standard InChI is InChI=1S/C21H28FN3O3S/c1-14-11-16(3)20(12-15(14)2)17(4)23-21(26)13-25(29(27,28)24(5)6)19-9-7-18(22)8-10-19/h7-12,17H,13H2,1-6H3,(H,23,26). The lowest BCUT2D eigenvalue weighted by molar-refractivity contribution is -0.120. The third-order valence-electron chi connectivity index (χ3n) is 4.87. The maximum absolute atomic E-state index is 13.3. The molecule has 0 radical (unpaired) electrons. The van der Waals surface area contributed by atoms with E-state index in [1.54, 1.807) is 0 Å². The van der Waals surface area contributed by atoms with Gasteiger partial charge in [-0.3, -0.25) is 4.79 Å². The zero-order chi connectivity index (χ0) is 21.9. The van der Waals surface area contributed by atoms with Crippen LogP contribution in [0.15, 0.2) is 36.4 Å². The van der Waals surface area contributed by atoms with Crippen LogP contribution in [0.4, 0.5) is 10.1 Å². The minimum atomic E-state index is -3.94. The van der Waals surface area contributed by atoms with E-state index in [1.807, 2.05) is 33.8 Å². The average molecular weight is 422 g/mol. The van der Waals surface area contributed by atoms with Gasteiger partial charge in [0.1, 0.15) is 12.4 Å². The van der Waals surface area contributed by atoms with Crippen LogP contribution in [0.1, 0.15) is 35.2 Å². The van der Waals surface area contributed by atoms with Gasteiger partial charge in [-0.2, -0.15) is 12.7 Å². The first-order chi connectivity index (χ1) is 13.4. The van der Waals surface area contributed by atoms with Gasteiger partial charge in [-0.15, -0.1) is 0 Å². The Morgan fingerprint density at radius 2 is 1.59 bits per heavy atom. The molecule has 0 aromatic heterocycles. The number of amides is 1. The summed E-state index contributed by atoms with van der Waals surface area (Å²) in [6.45, 7) is 7.46. The maximum Gasteiger partial charge on any atom is 0.304 e. The molecule has 0 heterocycles. The van der Waals surface area contributed by atoms with Gasteiger partial charge in [0.05, 0.1) is 11.7 Å². The Morgan fingerprint density at radius 1 is 1.03 bits per heavy atom. The van der Waals surface area contributed by atoms with E-state index in [4.69, 9.17) is 0 Å². The fourth-order valence-corrected chi connectivity index (χ4v) is 4.12. The lowest BCUT2D eigenvalue weighted by Crippen LogP contribution is -2.46. The SMILES string of the molecule is Cc1cc(C)c(C(C)NC(=O)CN(c2ccc(F)cc2)S(=O)(=O)N(C)C)cc1C. The molecule has 0 saturated heterocycles. The van der Waals surface area contributed by atoms with E-state index < -0.39 is 28.5 Å². The van der Waals surface area contributed by atoms with Gasteiger partial charge >= 0.3 is 10.2 Å². The number of anilines is 1. The van der Waals surface area contributed by atoms with E-state index in [-0.39, 0.29) is 11.7 Å². The Hall–Kier alpha value is -2.45. The molecule has 2 rings (SSSR count). The monoisotopic (exact) mass is 421 g/mol. The molecule has 0 aliphatic heterocycles. The largest absolute Gasteiger partial charge is 0.348 e. The molecule has 8 heteroatoms. The van der Waals surface area contributed by atoms with Gasteiger partial charge in [0.25, 0.3) is 0 Å². The number of carbonyl (C=O) groups is 1. The van der Waals surface area contributed by atoms with Crippen molar-refractivity contribution in [1.29, 1.82) is 0 Å². The van der Waals surface area contributed by atoms with Crippen LogP contribution in [0.5, 0.6) is 0 Å². The van der Waals surface area contributed by atoms with E-state index in [0.717, 1.165) is 37.4 Å². The van der Waals surface area contributed by atoms with Crippen molar-refractivity contribution in [2.45, 2.75) is 33.7 Å². The molecule has 1 atom stereocenters. The third-order valence-corrected chi connectivity index (χ3v) is 6.69. The van der Waals surface area contributed by atoms with Crippen molar-refractivity contribution in [3.05, 3.63) is 64.5 Å². The van der Waals surface area contributed by atoms with Gasteiger partial charge in [-0.25, -0.2) is 8.70 Å². The number of aryl methyl sites for hydroxylation is 3. The summed E-state index contributed by atoms with van der Waals surface area (Å²) in [4.78, 5) is 12.7. The molecular weight excluding hydrogens is 393 g/mol. The van der Waals surface area contributed by atoms with Crippen molar-refractivity contribution in [2.24, 2.45) is 0 Å². The fourth-order valence-electron chi connectivity index (χ4n) is 3.06. The van der Waals surface area contributed by atoms with Crippen molar-refractivity contribution in [1.82, 2.24) is 9.62 Å². The molecule has 158 valence electrons. The molecule has 29 heavy (non-hydrogen) atoms. The van der Waals surface area contributed by atoms with Crippen LogP contribution in [0.25, 0.3) is 0 Å². The Bertz CT molecular complexity index is 989. The van der Waals surface area contributed by atoms with Gasteiger partial charge in [0, 0.05) is 14.1 Å².